The van der Waals surface area contributed by atoms with Gasteiger partial charge in [-0.1, -0.05) is 23.8 Å². The van der Waals surface area contributed by atoms with Crippen molar-refractivity contribution in [2.24, 2.45) is 0 Å². The van der Waals surface area contributed by atoms with E-state index in [-0.39, 0.29) is 0 Å². The predicted octanol–water partition coefficient (Wildman–Crippen LogP) is 3.69. The number of aromatic nitrogens is 1. The Morgan fingerprint density at radius 3 is 2.72 bits per heavy atom. The number of para-hydroxylation sites is 1. The number of aryl methyl sites for hydroxylation is 2. The second kappa shape index (κ2) is 3.88. The number of fused-ring (bicyclic) bond motifs is 1. The van der Waals surface area contributed by atoms with Crippen LogP contribution in [0.3, 0.4) is 0 Å². The van der Waals surface area contributed by atoms with Crippen molar-refractivity contribution in [2.75, 3.05) is 5.73 Å². The van der Waals surface area contributed by atoms with E-state index >= 15 is 0 Å². The van der Waals surface area contributed by atoms with Crippen LogP contribution in [0.5, 0.6) is 0 Å². The molecule has 3 aromatic rings. The van der Waals surface area contributed by atoms with Crippen molar-refractivity contribution >= 4 is 16.8 Å². The molecule has 0 fully saturated rings. The Labute approximate surface area is 105 Å². The van der Waals surface area contributed by atoms with Crippen LogP contribution in [0.25, 0.3) is 22.6 Å². The number of hydrogen-bond donors (Lipinski definition) is 1. The van der Waals surface area contributed by atoms with Crippen molar-refractivity contribution in [1.82, 2.24) is 4.98 Å². The monoisotopic (exact) mass is 238 g/mol. The lowest BCUT2D eigenvalue weighted by atomic mass is 10.1. The molecule has 0 spiro atoms. The molecule has 0 bridgehead atoms. The maximum absolute atomic E-state index is 5.89. The lowest BCUT2D eigenvalue weighted by Crippen LogP contribution is -1.86. The van der Waals surface area contributed by atoms with Crippen molar-refractivity contribution in [2.45, 2.75) is 13.8 Å². The molecule has 90 valence electrons. The molecule has 3 heteroatoms. The van der Waals surface area contributed by atoms with E-state index in [1.54, 1.807) is 0 Å². The second-order valence-corrected chi connectivity index (χ2v) is 4.53. The minimum Gasteiger partial charge on any atom is -0.436 e. The largest absolute Gasteiger partial charge is 0.436 e. The predicted molar refractivity (Wildman–Crippen MR) is 73.3 cm³/mol. The van der Waals surface area contributed by atoms with E-state index in [2.05, 4.69) is 30.1 Å². The van der Waals surface area contributed by atoms with Crippen molar-refractivity contribution < 1.29 is 4.42 Å². The summed E-state index contributed by atoms with van der Waals surface area (Å²) in [4.78, 5) is 4.49. The number of nitrogens with two attached hydrogens (primary N) is 1. The molecule has 2 aromatic carbocycles. The Balaban J connectivity index is 2.26. The van der Waals surface area contributed by atoms with Gasteiger partial charge in [-0.05, 0) is 37.6 Å². The van der Waals surface area contributed by atoms with Crippen molar-refractivity contribution in [1.29, 1.82) is 0 Å². The summed E-state index contributed by atoms with van der Waals surface area (Å²) in [6.07, 6.45) is 0. The van der Waals surface area contributed by atoms with Gasteiger partial charge >= 0.3 is 0 Å². The van der Waals surface area contributed by atoms with Crippen LogP contribution in [0.4, 0.5) is 5.69 Å². The van der Waals surface area contributed by atoms with Crippen LogP contribution in [-0.4, -0.2) is 4.98 Å². The quantitative estimate of drug-likeness (QED) is 0.658. The first-order valence-electron chi connectivity index (χ1n) is 5.88. The zero-order valence-electron chi connectivity index (χ0n) is 10.4. The van der Waals surface area contributed by atoms with Gasteiger partial charge in [-0.15, -0.1) is 0 Å². The maximum Gasteiger partial charge on any atom is 0.227 e. The van der Waals surface area contributed by atoms with Crippen LogP contribution in [0.15, 0.2) is 40.8 Å². The van der Waals surface area contributed by atoms with Gasteiger partial charge in [0.1, 0.15) is 5.52 Å². The number of nitrogens with zero attached hydrogens (tertiary/aromatic N) is 1. The fourth-order valence-corrected chi connectivity index (χ4v) is 2.05. The molecule has 2 N–H and O–H groups in total. The van der Waals surface area contributed by atoms with Gasteiger partial charge in [0, 0.05) is 5.56 Å². The zero-order chi connectivity index (χ0) is 12.7. The molecule has 0 unspecified atom stereocenters. The molecular formula is C15H14N2O. The molecule has 3 nitrogen and oxygen atoms in total. The van der Waals surface area contributed by atoms with Crippen LogP contribution in [0.1, 0.15) is 11.1 Å². The highest BCUT2D eigenvalue weighted by Gasteiger charge is 2.12. The number of nitrogen functional groups attached to an aromatic ring is 1. The SMILES string of the molecule is Cc1ccc(C)c(-c2nc3c(N)cccc3o2)c1. The third kappa shape index (κ3) is 1.64. The van der Waals surface area contributed by atoms with Gasteiger partial charge < -0.3 is 10.2 Å². The molecule has 0 amide bonds. The van der Waals surface area contributed by atoms with Gasteiger partial charge in [0.15, 0.2) is 5.58 Å². The van der Waals surface area contributed by atoms with Gasteiger partial charge in [-0.2, -0.15) is 0 Å². The van der Waals surface area contributed by atoms with E-state index in [1.807, 2.05) is 25.1 Å². The number of oxazole rings is 1. The standard InChI is InChI=1S/C15H14N2O/c1-9-6-7-10(2)11(8-9)15-17-14-12(16)4-3-5-13(14)18-15/h3-8H,16H2,1-2H3. The highest BCUT2D eigenvalue weighted by molar-refractivity contribution is 5.87. The summed E-state index contributed by atoms with van der Waals surface area (Å²) in [5.41, 5.74) is 11.3. The van der Waals surface area contributed by atoms with Crippen molar-refractivity contribution in [3.63, 3.8) is 0 Å². The fraction of sp³-hybridized carbons (Fsp3) is 0.133. The summed E-state index contributed by atoms with van der Waals surface area (Å²) in [5.74, 6) is 0.629. The summed E-state index contributed by atoms with van der Waals surface area (Å²) in [6, 6.07) is 11.8. The number of benzene rings is 2. The molecule has 1 aromatic heterocycles. The van der Waals surface area contributed by atoms with Crippen LogP contribution in [0.2, 0.25) is 0 Å². The molecule has 1 heterocycles. The number of rotatable bonds is 1. The topological polar surface area (TPSA) is 52.0 Å². The Bertz CT molecular complexity index is 728. The van der Waals surface area contributed by atoms with Crippen molar-refractivity contribution in [3.05, 3.63) is 47.5 Å². The summed E-state index contributed by atoms with van der Waals surface area (Å²) in [6.45, 7) is 4.10. The minimum absolute atomic E-state index is 0.629. The van der Waals surface area contributed by atoms with Crippen molar-refractivity contribution in [3.8, 4) is 11.5 Å². The lowest BCUT2D eigenvalue weighted by Gasteiger charge is -2.02. The molecule has 0 saturated carbocycles. The third-order valence-corrected chi connectivity index (χ3v) is 3.07. The first kappa shape index (κ1) is 10.8. The van der Waals surface area contributed by atoms with E-state index in [4.69, 9.17) is 10.2 Å². The second-order valence-electron chi connectivity index (χ2n) is 4.53. The van der Waals surface area contributed by atoms with Gasteiger partial charge in [0.2, 0.25) is 5.89 Å². The molecule has 18 heavy (non-hydrogen) atoms. The van der Waals surface area contributed by atoms with E-state index < -0.39 is 0 Å². The fourth-order valence-electron chi connectivity index (χ4n) is 2.05. The first-order valence-corrected chi connectivity index (χ1v) is 5.88. The number of anilines is 1. The van der Waals surface area contributed by atoms with Gasteiger partial charge in [0.25, 0.3) is 0 Å². The van der Waals surface area contributed by atoms with E-state index in [9.17, 15) is 0 Å². The molecule has 3 rings (SSSR count). The lowest BCUT2D eigenvalue weighted by molar-refractivity contribution is 0.619. The zero-order valence-corrected chi connectivity index (χ0v) is 10.4. The van der Waals surface area contributed by atoms with Crippen LogP contribution in [-0.2, 0) is 0 Å². The maximum atomic E-state index is 5.89. The summed E-state index contributed by atoms with van der Waals surface area (Å²) in [5, 5.41) is 0. The molecule has 0 atom stereocenters. The molecule has 0 aliphatic heterocycles. The minimum atomic E-state index is 0.629. The Morgan fingerprint density at radius 1 is 1.11 bits per heavy atom. The summed E-state index contributed by atoms with van der Waals surface area (Å²) in [7, 11) is 0. The number of hydrogen-bond acceptors (Lipinski definition) is 3. The molecule has 0 aliphatic carbocycles. The Kier molecular flexibility index (Phi) is 2.33. The van der Waals surface area contributed by atoms with Crippen LogP contribution >= 0.6 is 0 Å². The average Bonchev–Trinajstić information content (AvgIpc) is 2.77. The average molecular weight is 238 g/mol. The van der Waals surface area contributed by atoms with E-state index in [0.717, 1.165) is 22.2 Å². The smallest absolute Gasteiger partial charge is 0.227 e. The Morgan fingerprint density at radius 2 is 1.94 bits per heavy atom. The first-order chi connectivity index (χ1) is 8.65. The summed E-state index contributed by atoms with van der Waals surface area (Å²) < 4.78 is 5.78. The van der Waals surface area contributed by atoms with Gasteiger partial charge in [-0.25, -0.2) is 4.98 Å². The third-order valence-electron chi connectivity index (χ3n) is 3.07. The molecule has 0 radical (unpaired) electrons. The highest BCUT2D eigenvalue weighted by Crippen LogP contribution is 2.29. The van der Waals surface area contributed by atoms with E-state index in [0.29, 0.717) is 11.6 Å². The van der Waals surface area contributed by atoms with Crippen LogP contribution < -0.4 is 5.73 Å². The Hall–Kier alpha value is -2.29. The van der Waals surface area contributed by atoms with E-state index in [1.165, 1.54) is 5.56 Å². The van der Waals surface area contributed by atoms with Gasteiger partial charge in [0.05, 0.1) is 5.69 Å². The molecule has 0 saturated heterocycles. The molecule has 0 aliphatic rings. The normalized spacial score (nSPS) is 11.0. The van der Waals surface area contributed by atoms with Gasteiger partial charge in [-0.3, -0.25) is 0 Å². The van der Waals surface area contributed by atoms with Crippen LogP contribution in [0, 0.1) is 13.8 Å². The highest BCUT2D eigenvalue weighted by atomic mass is 16.3. The molecular weight excluding hydrogens is 224 g/mol. The summed E-state index contributed by atoms with van der Waals surface area (Å²) >= 11 is 0.